The zero-order valence-corrected chi connectivity index (χ0v) is 11.6. The molecule has 2 rings (SSSR count). The molecule has 0 aliphatic heterocycles. The van der Waals surface area contributed by atoms with Crippen molar-refractivity contribution >= 4 is 5.97 Å². The summed E-state index contributed by atoms with van der Waals surface area (Å²) >= 11 is 0. The van der Waals surface area contributed by atoms with Crippen LogP contribution in [0.15, 0.2) is 42.5 Å². The highest BCUT2D eigenvalue weighted by Crippen LogP contribution is 2.27. The van der Waals surface area contributed by atoms with E-state index in [2.05, 4.69) is 13.8 Å². The van der Waals surface area contributed by atoms with E-state index in [9.17, 15) is 9.18 Å². The van der Waals surface area contributed by atoms with Crippen LogP contribution in [0.25, 0.3) is 11.1 Å². The molecule has 1 atom stereocenters. The van der Waals surface area contributed by atoms with Crippen LogP contribution in [-0.2, 0) is 0 Å². The predicted molar refractivity (Wildman–Crippen MR) is 77.5 cm³/mol. The summed E-state index contributed by atoms with van der Waals surface area (Å²) in [6, 6.07) is 11.6. The Labute approximate surface area is 117 Å². The molecule has 0 fully saturated rings. The van der Waals surface area contributed by atoms with Gasteiger partial charge >= 0.3 is 5.97 Å². The standard InChI is InChI=1S/C17H17FO2/c1-3-11(2)12-4-6-13(7-5-12)15-9-8-14(18)10-16(15)17(19)20/h4-11H,3H2,1-2H3,(H,19,20). The molecule has 104 valence electrons. The topological polar surface area (TPSA) is 37.3 Å². The van der Waals surface area contributed by atoms with Gasteiger partial charge in [-0.25, -0.2) is 9.18 Å². The second-order valence-corrected chi connectivity index (χ2v) is 4.93. The van der Waals surface area contributed by atoms with E-state index in [1.54, 1.807) is 0 Å². The van der Waals surface area contributed by atoms with E-state index in [-0.39, 0.29) is 5.56 Å². The van der Waals surface area contributed by atoms with Crippen LogP contribution in [0.2, 0.25) is 0 Å². The lowest BCUT2D eigenvalue weighted by Gasteiger charge is -2.11. The predicted octanol–water partition coefficient (Wildman–Crippen LogP) is 4.70. The zero-order valence-electron chi connectivity index (χ0n) is 11.6. The Morgan fingerprint density at radius 2 is 1.85 bits per heavy atom. The van der Waals surface area contributed by atoms with Gasteiger partial charge in [0.15, 0.2) is 0 Å². The number of carboxylic acids is 1. The van der Waals surface area contributed by atoms with Crippen molar-refractivity contribution < 1.29 is 14.3 Å². The molecule has 2 nitrogen and oxygen atoms in total. The van der Waals surface area contributed by atoms with Gasteiger partial charge in [0.2, 0.25) is 0 Å². The van der Waals surface area contributed by atoms with Crippen LogP contribution in [0.3, 0.4) is 0 Å². The van der Waals surface area contributed by atoms with Crippen molar-refractivity contribution in [1.29, 1.82) is 0 Å². The van der Waals surface area contributed by atoms with E-state index < -0.39 is 11.8 Å². The van der Waals surface area contributed by atoms with E-state index in [4.69, 9.17) is 5.11 Å². The van der Waals surface area contributed by atoms with Crippen LogP contribution in [0.4, 0.5) is 4.39 Å². The Hall–Kier alpha value is -2.16. The van der Waals surface area contributed by atoms with E-state index in [0.717, 1.165) is 18.1 Å². The summed E-state index contributed by atoms with van der Waals surface area (Å²) in [7, 11) is 0. The number of carboxylic acid groups (broad SMARTS) is 1. The van der Waals surface area contributed by atoms with Crippen molar-refractivity contribution in [2.75, 3.05) is 0 Å². The van der Waals surface area contributed by atoms with Crippen molar-refractivity contribution in [2.45, 2.75) is 26.2 Å². The number of halogens is 1. The summed E-state index contributed by atoms with van der Waals surface area (Å²) in [5.74, 6) is -1.19. The highest BCUT2D eigenvalue weighted by atomic mass is 19.1. The first-order valence-electron chi connectivity index (χ1n) is 6.66. The molecule has 20 heavy (non-hydrogen) atoms. The number of rotatable bonds is 4. The van der Waals surface area contributed by atoms with Gasteiger partial charge in [-0.3, -0.25) is 0 Å². The second kappa shape index (κ2) is 5.87. The Bertz CT molecular complexity index is 617. The van der Waals surface area contributed by atoms with Crippen molar-refractivity contribution in [2.24, 2.45) is 0 Å². The number of hydrogen-bond acceptors (Lipinski definition) is 1. The Morgan fingerprint density at radius 1 is 1.20 bits per heavy atom. The normalized spacial score (nSPS) is 12.2. The molecular weight excluding hydrogens is 255 g/mol. The van der Waals surface area contributed by atoms with Crippen molar-refractivity contribution in [3.63, 3.8) is 0 Å². The van der Waals surface area contributed by atoms with Gasteiger partial charge in [0.1, 0.15) is 5.82 Å². The van der Waals surface area contributed by atoms with Gasteiger partial charge in [-0.15, -0.1) is 0 Å². The maximum absolute atomic E-state index is 13.2. The fraction of sp³-hybridized carbons (Fsp3) is 0.235. The smallest absolute Gasteiger partial charge is 0.336 e. The van der Waals surface area contributed by atoms with Crippen LogP contribution in [-0.4, -0.2) is 11.1 Å². The first-order chi connectivity index (χ1) is 9.52. The van der Waals surface area contributed by atoms with Gasteiger partial charge in [-0.2, -0.15) is 0 Å². The molecule has 1 N–H and O–H groups in total. The molecule has 3 heteroatoms. The summed E-state index contributed by atoms with van der Waals surface area (Å²) in [5.41, 5.74) is 2.53. The van der Waals surface area contributed by atoms with Gasteiger partial charge < -0.3 is 5.11 Å². The minimum atomic E-state index is -1.12. The molecule has 0 saturated carbocycles. The first-order valence-corrected chi connectivity index (χ1v) is 6.66. The molecule has 0 bridgehead atoms. The van der Waals surface area contributed by atoms with E-state index >= 15 is 0 Å². The Kier molecular flexibility index (Phi) is 4.18. The highest BCUT2D eigenvalue weighted by Gasteiger charge is 2.13. The van der Waals surface area contributed by atoms with Gasteiger partial charge in [-0.1, -0.05) is 44.2 Å². The lowest BCUT2D eigenvalue weighted by Crippen LogP contribution is -2.00. The number of benzene rings is 2. The minimum absolute atomic E-state index is 0.0127. The summed E-state index contributed by atoms with van der Waals surface area (Å²) in [6.07, 6.45) is 1.05. The second-order valence-electron chi connectivity index (χ2n) is 4.93. The molecule has 0 radical (unpaired) electrons. The molecule has 0 heterocycles. The van der Waals surface area contributed by atoms with Crippen LogP contribution < -0.4 is 0 Å². The highest BCUT2D eigenvalue weighted by molar-refractivity contribution is 5.96. The van der Waals surface area contributed by atoms with E-state index in [1.807, 2.05) is 24.3 Å². The van der Waals surface area contributed by atoms with Crippen LogP contribution in [0, 0.1) is 5.82 Å². The number of aromatic carboxylic acids is 1. The molecular formula is C17H17FO2. The van der Waals surface area contributed by atoms with E-state index in [0.29, 0.717) is 11.5 Å². The number of carbonyl (C=O) groups is 1. The molecule has 0 saturated heterocycles. The average Bonchev–Trinajstić information content (AvgIpc) is 2.46. The lowest BCUT2D eigenvalue weighted by atomic mass is 9.94. The fourth-order valence-electron chi connectivity index (χ4n) is 2.17. The van der Waals surface area contributed by atoms with Crippen molar-refractivity contribution in [1.82, 2.24) is 0 Å². The largest absolute Gasteiger partial charge is 0.478 e. The zero-order chi connectivity index (χ0) is 14.7. The van der Waals surface area contributed by atoms with Gasteiger partial charge in [0.05, 0.1) is 5.56 Å². The third-order valence-electron chi connectivity index (χ3n) is 3.62. The van der Waals surface area contributed by atoms with E-state index in [1.165, 1.54) is 17.7 Å². The third-order valence-corrected chi connectivity index (χ3v) is 3.62. The molecule has 0 aliphatic rings. The summed E-state index contributed by atoms with van der Waals surface area (Å²) < 4.78 is 13.2. The molecule has 2 aromatic carbocycles. The molecule has 0 spiro atoms. The van der Waals surface area contributed by atoms with Crippen LogP contribution in [0.1, 0.15) is 42.1 Å². The number of hydrogen-bond donors (Lipinski definition) is 1. The van der Waals surface area contributed by atoms with Gasteiger partial charge in [-0.05, 0) is 41.2 Å². The Balaban J connectivity index is 2.44. The maximum Gasteiger partial charge on any atom is 0.336 e. The SMILES string of the molecule is CCC(C)c1ccc(-c2ccc(F)cc2C(=O)O)cc1. The van der Waals surface area contributed by atoms with Gasteiger partial charge in [0, 0.05) is 0 Å². The molecule has 0 aromatic heterocycles. The molecule has 0 aliphatic carbocycles. The quantitative estimate of drug-likeness (QED) is 0.875. The lowest BCUT2D eigenvalue weighted by molar-refractivity contribution is 0.0697. The molecule has 0 amide bonds. The Morgan fingerprint density at radius 3 is 2.40 bits per heavy atom. The fourth-order valence-corrected chi connectivity index (χ4v) is 2.17. The van der Waals surface area contributed by atoms with Gasteiger partial charge in [0.25, 0.3) is 0 Å². The summed E-state index contributed by atoms with van der Waals surface area (Å²) in [6.45, 7) is 4.27. The minimum Gasteiger partial charge on any atom is -0.478 e. The first kappa shape index (κ1) is 14.3. The summed E-state index contributed by atoms with van der Waals surface area (Å²) in [4.78, 5) is 11.2. The molecule has 1 unspecified atom stereocenters. The maximum atomic E-state index is 13.2. The van der Waals surface area contributed by atoms with Crippen LogP contribution in [0.5, 0.6) is 0 Å². The third kappa shape index (κ3) is 2.87. The van der Waals surface area contributed by atoms with Crippen LogP contribution >= 0.6 is 0 Å². The average molecular weight is 272 g/mol. The van der Waals surface area contributed by atoms with Crippen molar-refractivity contribution in [3.05, 3.63) is 59.4 Å². The summed E-state index contributed by atoms with van der Waals surface area (Å²) in [5, 5.41) is 9.17. The van der Waals surface area contributed by atoms with Crippen molar-refractivity contribution in [3.8, 4) is 11.1 Å². The molecule has 2 aromatic rings. The monoisotopic (exact) mass is 272 g/mol.